The Morgan fingerprint density at radius 1 is 1.35 bits per heavy atom. The summed E-state index contributed by atoms with van der Waals surface area (Å²) in [5.41, 5.74) is 0.604. The van der Waals surface area contributed by atoms with Gasteiger partial charge in [-0.1, -0.05) is 26.7 Å². The van der Waals surface area contributed by atoms with Crippen LogP contribution in [0.4, 0.5) is 0 Å². The Bertz CT molecular complexity index is 539. The maximum absolute atomic E-state index is 12.6. The Hall–Kier alpha value is -0.920. The average Bonchev–Trinajstić information content (AvgIpc) is 2.96. The van der Waals surface area contributed by atoms with Crippen LogP contribution in [0.15, 0.2) is 11.2 Å². The Balaban J connectivity index is 2.18. The summed E-state index contributed by atoms with van der Waals surface area (Å²) in [5.74, 6) is 0. The lowest BCUT2D eigenvalue weighted by molar-refractivity contribution is 0.141. The highest BCUT2D eigenvalue weighted by atomic mass is 32.2. The molecule has 20 heavy (non-hydrogen) atoms. The third-order valence-electron chi connectivity index (χ3n) is 4.73. The van der Waals surface area contributed by atoms with Gasteiger partial charge in [0, 0.05) is 18.7 Å². The summed E-state index contributed by atoms with van der Waals surface area (Å²) in [4.78, 5) is 0. The number of H-pyrrole nitrogens is 1. The Morgan fingerprint density at radius 2 is 1.95 bits per heavy atom. The van der Waals surface area contributed by atoms with Gasteiger partial charge in [0.25, 0.3) is 10.0 Å². The normalized spacial score (nSPS) is 20.1. The van der Waals surface area contributed by atoms with Crippen molar-refractivity contribution in [1.29, 1.82) is 0 Å². The number of rotatable bonds is 5. The van der Waals surface area contributed by atoms with Gasteiger partial charge in [0.05, 0.1) is 12.8 Å². The summed E-state index contributed by atoms with van der Waals surface area (Å²) >= 11 is 0. The Kier molecular flexibility index (Phi) is 4.51. The fourth-order valence-electron chi connectivity index (χ4n) is 2.92. The zero-order valence-electron chi connectivity index (χ0n) is 12.1. The molecule has 2 N–H and O–H groups in total. The number of aliphatic hydroxyl groups is 1. The number of sulfonamides is 1. The smallest absolute Gasteiger partial charge is 0.260 e. The van der Waals surface area contributed by atoms with Crippen LogP contribution in [-0.2, 0) is 16.6 Å². The summed E-state index contributed by atoms with van der Waals surface area (Å²) in [6.07, 6.45) is 5.32. The van der Waals surface area contributed by atoms with Crippen molar-refractivity contribution in [2.45, 2.75) is 51.2 Å². The van der Waals surface area contributed by atoms with E-state index >= 15 is 0 Å². The monoisotopic (exact) mass is 301 g/mol. The van der Waals surface area contributed by atoms with Crippen molar-refractivity contribution in [3.63, 3.8) is 0 Å². The molecule has 1 aliphatic heterocycles. The Morgan fingerprint density at radius 3 is 2.45 bits per heavy atom. The minimum Gasteiger partial charge on any atom is -0.392 e. The van der Waals surface area contributed by atoms with Crippen LogP contribution >= 0.6 is 0 Å². The summed E-state index contributed by atoms with van der Waals surface area (Å²) < 4.78 is 26.6. The first-order chi connectivity index (χ1) is 9.49. The molecule has 1 saturated heterocycles. The molecule has 0 aliphatic carbocycles. The fraction of sp³-hybridized carbons (Fsp3) is 0.769. The molecule has 2 heterocycles. The summed E-state index contributed by atoms with van der Waals surface area (Å²) in [6, 6.07) is 0. The fourth-order valence-corrected chi connectivity index (χ4v) is 4.46. The van der Waals surface area contributed by atoms with Crippen molar-refractivity contribution in [3.05, 3.63) is 11.8 Å². The lowest BCUT2D eigenvalue weighted by Gasteiger charge is -2.40. The van der Waals surface area contributed by atoms with Crippen molar-refractivity contribution in [1.82, 2.24) is 14.5 Å². The number of aromatic nitrogens is 2. The van der Waals surface area contributed by atoms with Crippen molar-refractivity contribution in [2.24, 2.45) is 5.41 Å². The molecular weight excluding hydrogens is 278 g/mol. The molecular formula is C13H23N3O3S. The third kappa shape index (κ3) is 2.62. The average molecular weight is 301 g/mol. The highest BCUT2D eigenvalue weighted by Gasteiger charge is 2.37. The zero-order valence-corrected chi connectivity index (χ0v) is 12.9. The van der Waals surface area contributed by atoms with Crippen LogP contribution in [0.1, 0.15) is 45.1 Å². The van der Waals surface area contributed by atoms with E-state index in [1.165, 1.54) is 10.5 Å². The second kappa shape index (κ2) is 5.83. The van der Waals surface area contributed by atoms with E-state index in [2.05, 4.69) is 24.0 Å². The molecule has 0 bridgehead atoms. The third-order valence-corrected chi connectivity index (χ3v) is 6.64. The van der Waals surface area contributed by atoms with E-state index in [1.807, 2.05) is 0 Å². The number of nitrogens with zero attached hydrogens (tertiary/aromatic N) is 2. The van der Waals surface area contributed by atoms with Gasteiger partial charge in [-0.3, -0.25) is 5.10 Å². The molecule has 114 valence electrons. The molecule has 6 nitrogen and oxygen atoms in total. The molecule has 2 rings (SSSR count). The number of hydrogen-bond donors (Lipinski definition) is 2. The molecule has 0 atom stereocenters. The molecule has 0 saturated carbocycles. The van der Waals surface area contributed by atoms with Crippen molar-refractivity contribution in [3.8, 4) is 0 Å². The van der Waals surface area contributed by atoms with Gasteiger partial charge >= 0.3 is 0 Å². The second-order valence-electron chi connectivity index (χ2n) is 5.49. The summed E-state index contributed by atoms with van der Waals surface area (Å²) in [7, 11) is -3.57. The maximum Gasteiger partial charge on any atom is 0.260 e. The summed E-state index contributed by atoms with van der Waals surface area (Å²) in [5, 5.41) is 15.4. The van der Waals surface area contributed by atoms with Crippen LogP contribution in [-0.4, -0.2) is 41.1 Å². The molecule has 1 aromatic heterocycles. The number of nitrogens with one attached hydrogen (secondary N) is 1. The van der Waals surface area contributed by atoms with E-state index in [9.17, 15) is 13.5 Å². The minimum absolute atomic E-state index is 0.0282. The number of aliphatic hydroxyl groups excluding tert-OH is 1. The van der Waals surface area contributed by atoms with Crippen molar-refractivity contribution in [2.75, 3.05) is 13.1 Å². The van der Waals surface area contributed by atoms with Crippen LogP contribution in [0.3, 0.4) is 0 Å². The van der Waals surface area contributed by atoms with Crippen LogP contribution in [0, 0.1) is 5.41 Å². The number of piperidine rings is 1. The van der Waals surface area contributed by atoms with E-state index in [1.54, 1.807) is 0 Å². The molecule has 7 heteroatoms. The largest absolute Gasteiger partial charge is 0.392 e. The van der Waals surface area contributed by atoms with E-state index in [0.717, 1.165) is 25.7 Å². The van der Waals surface area contributed by atoms with Crippen LogP contribution in [0.2, 0.25) is 0 Å². The van der Waals surface area contributed by atoms with Crippen molar-refractivity contribution < 1.29 is 13.5 Å². The zero-order chi connectivity index (χ0) is 14.8. The molecule has 1 aromatic rings. The first-order valence-corrected chi connectivity index (χ1v) is 8.56. The first-order valence-electron chi connectivity index (χ1n) is 7.12. The standard InChI is InChI=1S/C13H23N3O3S/c1-3-13(4-2)5-7-16(8-6-13)20(18,19)12-11(10-17)9-14-15-12/h9,17H,3-8,10H2,1-2H3,(H,14,15). The molecule has 0 radical (unpaired) electrons. The van der Waals surface area contributed by atoms with E-state index in [0.29, 0.717) is 18.7 Å². The van der Waals surface area contributed by atoms with E-state index < -0.39 is 10.0 Å². The van der Waals surface area contributed by atoms with Gasteiger partial charge in [-0.15, -0.1) is 0 Å². The molecule has 0 spiro atoms. The minimum atomic E-state index is -3.57. The SMILES string of the molecule is CCC1(CC)CCN(S(=O)(=O)c2[nH]ncc2CO)CC1. The number of aromatic amines is 1. The topological polar surface area (TPSA) is 86.3 Å². The van der Waals surface area contributed by atoms with Crippen LogP contribution < -0.4 is 0 Å². The molecule has 1 aliphatic rings. The van der Waals surface area contributed by atoms with Crippen molar-refractivity contribution >= 4 is 10.0 Å². The first kappa shape index (κ1) is 15.5. The van der Waals surface area contributed by atoms with Gasteiger partial charge in [-0.05, 0) is 18.3 Å². The van der Waals surface area contributed by atoms with Gasteiger partial charge in [0.15, 0.2) is 5.03 Å². The van der Waals surface area contributed by atoms with E-state index in [-0.39, 0.29) is 17.0 Å². The van der Waals surface area contributed by atoms with Gasteiger partial charge in [0.2, 0.25) is 0 Å². The van der Waals surface area contributed by atoms with Crippen LogP contribution in [0.25, 0.3) is 0 Å². The highest BCUT2D eigenvalue weighted by Crippen LogP contribution is 2.39. The van der Waals surface area contributed by atoms with E-state index in [4.69, 9.17) is 0 Å². The lowest BCUT2D eigenvalue weighted by Crippen LogP contribution is -2.43. The summed E-state index contributed by atoms with van der Waals surface area (Å²) in [6.45, 7) is 5.09. The Labute approximate surface area is 120 Å². The molecule has 0 unspecified atom stereocenters. The lowest BCUT2D eigenvalue weighted by atomic mass is 9.75. The van der Waals surface area contributed by atoms with Crippen LogP contribution in [0.5, 0.6) is 0 Å². The molecule has 0 amide bonds. The second-order valence-corrected chi connectivity index (χ2v) is 7.37. The van der Waals surface area contributed by atoms with Gasteiger partial charge in [-0.25, -0.2) is 8.42 Å². The quantitative estimate of drug-likeness (QED) is 0.863. The highest BCUT2D eigenvalue weighted by molar-refractivity contribution is 7.89. The molecule has 1 fully saturated rings. The van der Waals surface area contributed by atoms with Gasteiger partial charge < -0.3 is 5.11 Å². The van der Waals surface area contributed by atoms with Gasteiger partial charge in [-0.2, -0.15) is 9.40 Å². The van der Waals surface area contributed by atoms with Gasteiger partial charge in [0.1, 0.15) is 0 Å². The predicted octanol–water partition coefficient (Wildman–Crippen LogP) is 1.49. The number of hydrogen-bond acceptors (Lipinski definition) is 4. The predicted molar refractivity (Wildman–Crippen MR) is 75.5 cm³/mol. The molecule has 0 aromatic carbocycles. The maximum atomic E-state index is 12.6.